The molecule has 1 fully saturated rings. The molecule has 26 heavy (non-hydrogen) atoms. The number of pyridine rings is 1. The Morgan fingerprint density at radius 2 is 2.04 bits per heavy atom. The van der Waals surface area contributed by atoms with Crippen LogP contribution in [0.25, 0.3) is 16.8 Å². The van der Waals surface area contributed by atoms with Gasteiger partial charge in [-0.05, 0) is 39.7 Å². The fraction of sp³-hybridized carbons (Fsp3) is 0.429. The molecule has 1 aromatic heterocycles. The first-order valence-electron chi connectivity index (χ1n) is 9.11. The number of rotatable bonds is 3. The topological polar surface area (TPSA) is 54.5 Å². The molecule has 3 rings (SSSR count). The lowest BCUT2D eigenvalue weighted by atomic mass is 10.0. The highest BCUT2D eigenvalue weighted by atomic mass is 16.6. The Morgan fingerprint density at radius 3 is 2.69 bits per heavy atom. The Kier molecular flexibility index (Phi) is 5.16. The monoisotopic (exact) mass is 353 g/mol. The summed E-state index contributed by atoms with van der Waals surface area (Å²) in [5, 5.41) is 5.89. The van der Waals surface area contributed by atoms with Gasteiger partial charge in [0.05, 0.1) is 0 Å². The Labute approximate surface area is 155 Å². The maximum atomic E-state index is 12.2. The summed E-state index contributed by atoms with van der Waals surface area (Å²) in [5.74, 6) is 0. The van der Waals surface area contributed by atoms with Crippen LogP contribution in [0.15, 0.2) is 37.2 Å². The molecule has 1 aliphatic heterocycles. The number of fused-ring (bicyclic) bond motifs is 1. The molecule has 1 saturated heterocycles. The second-order valence-corrected chi connectivity index (χ2v) is 7.72. The summed E-state index contributed by atoms with van der Waals surface area (Å²) in [6.45, 7) is 11.0. The Bertz CT molecular complexity index is 797. The molecule has 0 saturated carbocycles. The van der Waals surface area contributed by atoms with E-state index in [0.29, 0.717) is 19.1 Å². The number of carbonyl (C=O) groups is 1. The minimum Gasteiger partial charge on any atom is -0.444 e. The first kappa shape index (κ1) is 18.2. The standard InChI is InChI=1S/C21H27N3O2/c1-5-15-13-22-14-16-7-6-8-18(19(15)16)23-17-9-11-24(12-10-17)20(25)26-21(2,3)4/h5-8,13-14,17,23H,1,9-12H2,2-4H3. The minimum atomic E-state index is -0.454. The summed E-state index contributed by atoms with van der Waals surface area (Å²) in [5.41, 5.74) is 1.66. The van der Waals surface area contributed by atoms with Crippen LogP contribution in [0.4, 0.5) is 10.5 Å². The van der Waals surface area contributed by atoms with Gasteiger partial charge in [0.25, 0.3) is 0 Å². The van der Waals surface area contributed by atoms with Gasteiger partial charge in [-0.15, -0.1) is 0 Å². The number of likely N-dealkylation sites (tertiary alicyclic amines) is 1. The molecule has 1 N–H and O–H groups in total. The van der Waals surface area contributed by atoms with E-state index in [1.54, 1.807) is 4.90 Å². The first-order chi connectivity index (χ1) is 12.4. The summed E-state index contributed by atoms with van der Waals surface area (Å²) in [6, 6.07) is 6.51. The largest absolute Gasteiger partial charge is 0.444 e. The summed E-state index contributed by atoms with van der Waals surface area (Å²) in [6.07, 6.45) is 7.12. The number of nitrogens with one attached hydrogen (secondary N) is 1. The van der Waals surface area contributed by atoms with Crippen LogP contribution in [0.5, 0.6) is 0 Å². The molecule has 2 heterocycles. The maximum Gasteiger partial charge on any atom is 0.410 e. The number of benzene rings is 1. The molecule has 1 aliphatic rings. The smallest absolute Gasteiger partial charge is 0.410 e. The van der Waals surface area contributed by atoms with Crippen molar-refractivity contribution in [1.82, 2.24) is 9.88 Å². The number of aromatic nitrogens is 1. The second kappa shape index (κ2) is 7.36. The minimum absolute atomic E-state index is 0.221. The van der Waals surface area contributed by atoms with Gasteiger partial charge >= 0.3 is 6.09 Å². The van der Waals surface area contributed by atoms with E-state index in [2.05, 4.69) is 29.0 Å². The van der Waals surface area contributed by atoms with Crippen molar-refractivity contribution in [3.8, 4) is 0 Å². The molecular formula is C21H27N3O2. The van der Waals surface area contributed by atoms with Crippen LogP contribution in [0.1, 0.15) is 39.2 Å². The predicted octanol–water partition coefficient (Wildman–Crippen LogP) is 4.69. The van der Waals surface area contributed by atoms with E-state index < -0.39 is 5.60 Å². The molecule has 1 amide bonds. The van der Waals surface area contributed by atoms with Crippen LogP contribution in [0.3, 0.4) is 0 Å². The SMILES string of the molecule is C=Cc1cncc2cccc(NC3CCN(C(=O)OC(C)(C)C)CC3)c12. The van der Waals surface area contributed by atoms with Gasteiger partial charge in [0.1, 0.15) is 5.60 Å². The number of amides is 1. The summed E-state index contributed by atoms with van der Waals surface area (Å²) < 4.78 is 5.47. The van der Waals surface area contributed by atoms with Gasteiger partial charge < -0.3 is 15.0 Å². The Hall–Kier alpha value is -2.56. The quantitative estimate of drug-likeness (QED) is 0.870. The van der Waals surface area contributed by atoms with Gasteiger partial charge in [-0.1, -0.05) is 24.8 Å². The van der Waals surface area contributed by atoms with E-state index >= 15 is 0 Å². The van der Waals surface area contributed by atoms with Crippen molar-refractivity contribution in [2.45, 2.75) is 45.3 Å². The Balaban J connectivity index is 1.68. The van der Waals surface area contributed by atoms with Crippen LogP contribution in [-0.2, 0) is 4.74 Å². The summed E-state index contributed by atoms with van der Waals surface area (Å²) >= 11 is 0. The number of hydrogen-bond donors (Lipinski definition) is 1. The number of piperidine rings is 1. The maximum absolute atomic E-state index is 12.2. The van der Waals surface area contributed by atoms with E-state index in [1.807, 2.05) is 45.3 Å². The zero-order valence-electron chi connectivity index (χ0n) is 15.8. The molecule has 5 nitrogen and oxygen atoms in total. The number of nitrogens with zero attached hydrogens (tertiary/aromatic N) is 2. The molecule has 0 aliphatic carbocycles. The molecule has 5 heteroatoms. The van der Waals surface area contributed by atoms with Crippen LogP contribution < -0.4 is 5.32 Å². The lowest BCUT2D eigenvalue weighted by Crippen LogP contribution is -2.44. The van der Waals surface area contributed by atoms with Crippen molar-refractivity contribution in [2.24, 2.45) is 0 Å². The predicted molar refractivity (Wildman–Crippen MR) is 106 cm³/mol. The first-order valence-corrected chi connectivity index (χ1v) is 9.11. The third kappa shape index (κ3) is 4.15. The van der Waals surface area contributed by atoms with E-state index in [9.17, 15) is 4.79 Å². The van der Waals surface area contributed by atoms with Crippen LogP contribution in [0.2, 0.25) is 0 Å². The van der Waals surface area contributed by atoms with Crippen molar-refractivity contribution >= 4 is 28.6 Å². The van der Waals surface area contributed by atoms with Gasteiger partial charge in [-0.2, -0.15) is 0 Å². The molecule has 138 valence electrons. The van der Waals surface area contributed by atoms with Crippen molar-refractivity contribution in [3.05, 3.63) is 42.7 Å². The molecule has 1 aromatic carbocycles. The number of ether oxygens (including phenoxy) is 1. The molecule has 0 spiro atoms. The third-order valence-electron chi connectivity index (χ3n) is 4.54. The normalized spacial score (nSPS) is 15.7. The molecule has 0 radical (unpaired) electrons. The van der Waals surface area contributed by atoms with Gasteiger partial charge in [-0.25, -0.2) is 4.79 Å². The van der Waals surface area contributed by atoms with Crippen molar-refractivity contribution in [2.75, 3.05) is 18.4 Å². The van der Waals surface area contributed by atoms with E-state index in [-0.39, 0.29) is 6.09 Å². The fourth-order valence-corrected chi connectivity index (χ4v) is 3.29. The summed E-state index contributed by atoms with van der Waals surface area (Å²) in [7, 11) is 0. The number of hydrogen-bond acceptors (Lipinski definition) is 4. The fourth-order valence-electron chi connectivity index (χ4n) is 3.29. The van der Waals surface area contributed by atoms with Crippen LogP contribution in [-0.4, -0.2) is 40.7 Å². The van der Waals surface area contributed by atoms with Crippen molar-refractivity contribution < 1.29 is 9.53 Å². The van der Waals surface area contributed by atoms with Gasteiger partial charge in [0.15, 0.2) is 0 Å². The van der Waals surface area contributed by atoms with Crippen LogP contribution >= 0.6 is 0 Å². The van der Waals surface area contributed by atoms with Crippen LogP contribution in [0, 0.1) is 0 Å². The van der Waals surface area contributed by atoms with E-state index in [1.165, 1.54) is 0 Å². The van der Waals surface area contributed by atoms with Gasteiger partial charge in [0, 0.05) is 53.5 Å². The summed E-state index contributed by atoms with van der Waals surface area (Å²) in [4.78, 5) is 18.3. The lowest BCUT2D eigenvalue weighted by molar-refractivity contribution is 0.0210. The van der Waals surface area contributed by atoms with Crippen molar-refractivity contribution in [3.63, 3.8) is 0 Å². The highest BCUT2D eigenvalue weighted by Crippen LogP contribution is 2.29. The third-order valence-corrected chi connectivity index (χ3v) is 4.54. The van der Waals surface area contributed by atoms with Crippen molar-refractivity contribution in [1.29, 1.82) is 0 Å². The molecule has 0 bridgehead atoms. The average Bonchev–Trinajstić information content (AvgIpc) is 2.60. The zero-order valence-corrected chi connectivity index (χ0v) is 15.8. The number of carbonyl (C=O) groups excluding carboxylic acids is 1. The number of anilines is 1. The Morgan fingerprint density at radius 1 is 1.31 bits per heavy atom. The van der Waals surface area contributed by atoms with E-state index in [4.69, 9.17) is 4.74 Å². The second-order valence-electron chi connectivity index (χ2n) is 7.72. The molecule has 0 unspecified atom stereocenters. The molecule has 2 aromatic rings. The van der Waals surface area contributed by atoms with E-state index in [0.717, 1.165) is 34.9 Å². The molecular weight excluding hydrogens is 326 g/mol. The van der Waals surface area contributed by atoms with Gasteiger partial charge in [-0.3, -0.25) is 4.98 Å². The highest BCUT2D eigenvalue weighted by Gasteiger charge is 2.27. The van der Waals surface area contributed by atoms with Gasteiger partial charge in [0.2, 0.25) is 0 Å². The zero-order chi connectivity index (χ0) is 18.7. The average molecular weight is 353 g/mol. The highest BCUT2D eigenvalue weighted by molar-refractivity contribution is 5.99. The lowest BCUT2D eigenvalue weighted by Gasteiger charge is -2.34. The molecule has 0 atom stereocenters.